The number of amides is 4. The number of carbonyl (C=O) groups is 3. The SMILES string of the molecule is CCN(CC)C(=O)N(C1CCCCC1)C1CC2CCC(C1)N2C(=O)[C@@H](Cc1ccc(Cl)cc1)NC[C@H]1Cc2ccccc2CN1C(=O)OC(C)(C)C. The van der Waals surface area contributed by atoms with Crippen molar-refractivity contribution >= 4 is 29.6 Å². The Morgan fingerprint density at radius 3 is 2.13 bits per heavy atom. The molecular weight excluding hydrogens is 674 g/mol. The third-order valence-corrected chi connectivity index (χ3v) is 12.1. The van der Waals surface area contributed by atoms with E-state index in [1.807, 2.05) is 67.0 Å². The molecule has 0 spiro atoms. The number of urea groups is 1. The van der Waals surface area contributed by atoms with Crippen LogP contribution >= 0.6 is 11.6 Å². The maximum Gasteiger partial charge on any atom is 0.410 e. The van der Waals surface area contributed by atoms with E-state index in [4.69, 9.17) is 16.3 Å². The number of hydrogen-bond donors (Lipinski definition) is 1. The quantitative estimate of drug-likeness (QED) is 0.269. The number of fused-ring (bicyclic) bond motifs is 3. The van der Waals surface area contributed by atoms with Crippen molar-refractivity contribution in [3.05, 3.63) is 70.2 Å². The molecule has 9 nitrogen and oxygen atoms in total. The van der Waals surface area contributed by atoms with Crippen LogP contribution in [0.5, 0.6) is 0 Å². The van der Waals surface area contributed by atoms with E-state index in [0.717, 1.165) is 49.7 Å². The predicted molar refractivity (Wildman–Crippen MR) is 206 cm³/mol. The number of ether oxygens (including phenoxy) is 1. The number of benzene rings is 2. The van der Waals surface area contributed by atoms with Crippen LogP contribution in [-0.4, -0.2) is 99.1 Å². The highest BCUT2D eigenvalue weighted by Gasteiger charge is 2.48. The molecule has 4 atom stereocenters. The van der Waals surface area contributed by atoms with Gasteiger partial charge in [0.25, 0.3) is 0 Å². The Balaban J connectivity index is 1.22. The molecule has 2 bridgehead atoms. The highest BCUT2D eigenvalue weighted by atomic mass is 35.5. The number of rotatable bonds is 10. The van der Waals surface area contributed by atoms with Crippen LogP contribution in [0.4, 0.5) is 9.59 Å². The van der Waals surface area contributed by atoms with Gasteiger partial charge in [0, 0.05) is 55.4 Å². The van der Waals surface area contributed by atoms with Gasteiger partial charge in [-0.25, -0.2) is 9.59 Å². The summed E-state index contributed by atoms with van der Waals surface area (Å²) in [5, 5.41) is 4.35. The van der Waals surface area contributed by atoms with Gasteiger partial charge in [-0.15, -0.1) is 0 Å². The summed E-state index contributed by atoms with van der Waals surface area (Å²) >= 11 is 6.26. The second-order valence-corrected chi connectivity index (χ2v) is 16.9. The minimum atomic E-state index is -0.618. The van der Waals surface area contributed by atoms with E-state index in [0.29, 0.717) is 44.0 Å². The summed E-state index contributed by atoms with van der Waals surface area (Å²) in [7, 11) is 0. The van der Waals surface area contributed by atoms with Crippen molar-refractivity contribution in [1.82, 2.24) is 24.9 Å². The topological polar surface area (TPSA) is 85.4 Å². The molecule has 6 rings (SSSR count). The van der Waals surface area contributed by atoms with Crippen molar-refractivity contribution in [3.8, 4) is 0 Å². The maximum absolute atomic E-state index is 14.9. The fourth-order valence-electron chi connectivity index (χ4n) is 9.23. The van der Waals surface area contributed by atoms with Gasteiger partial charge in [-0.1, -0.05) is 67.3 Å². The van der Waals surface area contributed by atoms with Gasteiger partial charge in [-0.2, -0.15) is 0 Å². The lowest BCUT2D eigenvalue weighted by Crippen LogP contribution is -2.61. The summed E-state index contributed by atoms with van der Waals surface area (Å²) in [6, 6.07) is 16.1. The van der Waals surface area contributed by atoms with Crippen molar-refractivity contribution < 1.29 is 19.1 Å². The van der Waals surface area contributed by atoms with Gasteiger partial charge in [0.15, 0.2) is 0 Å². The van der Waals surface area contributed by atoms with E-state index in [-0.39, 0.29) is 48.2 Å². The fraction of sp³-hybridized carbons (Fsp3) is 0.643. The van der Waals surface area contributed by atoms with Gasteiger partial charge >= 0.3 is 12.1 Å². The smallest absolute Gasteiger partial charge is 0.410 e. The second kappa shape index (κ2) is 16.8. The molecule has 2 aromatic rings. The molecule has 4 amide bonds. The molecule has 3 heterocycles. The van der Waals surface area contributed by atoms with Crippen LogP contribution in [0.25, 0.3) is 0 Å². The largest absolute Gasteiger partial charge is 0.444 e. The number of hydrogen-bond acceptors (Lipinski definition) is 5. The monoisotopic (exact) mass is 733 g/mol. The predicted octanol–water partition coefficient (Wildman–Crippen LogP) is 7.82. The molecule has 2 unspecified atom stereocenters. The average molecular weight is 734 g/mol. The average Bonchev–Trinajstić information content (AvgIpc) is 3.39. The number of nitrogens with one attached hydrogen (secondary N) is 1. The van der Waals surface area contributed by atoms with E-state index < -0.39 is 11.6 Å². The first-order chi connectivity index (χ1) is 25.0. The first-order valence-electron chi connectivity index (χ1n) is 19.9. The van der Waals surface area contributed by atoms with Crippen molar-refractivity contribution in [2.75, 3.05) is 19.6 Å². The number of nitrogens with zero attached hydrogens (tertiary/aromatic N) is 4. The van der Waals surface area contributed by atoms with Gasteiger partial charge in [0.1, 0.15) is 5.60 Å². The molecule has 3 aliphatic heterocycles. The van der Waals surface area contributed by atoms with E-state index in [1.165, 1.54) is 24.8 Å². The van der Waals surface area contributed by atoms with E-state index in [9.17, 15) is 14.4 Å². The Morgan fingerprint density at radius 1 is 0.885 bits per heavy atom. The van der Waals surface area contributed by atoms with Gasteiger partial charge in [0.05, 0.1) is 12.1 Å². The minimum absolute atomic E-state index is 0.0983. The molecule has 284 valence electrons. The van der Waals surface area contributed by atoms with E-state index in [2.05, 4.69) is 41.1 Å². The minimum Gasteiger partial charge on any atom is -0.444 e. The van der Waals surface area contributed by atoms with Crippen molar-refractivity contribution in [2.45, 2.75) is 154 Å². The third kappa shape index (κ3) is 8.90. The molecule has 1 N–H and O–H groups in total. The number of carbonyl (C=O) groups excluding carboxylic acids is 3. The molecule has 0 aromatic heterocycles. The second-order valence-electron chi connectivity index (χ2n) is 16.4. The van der Waals surface area contributed by atoms with Crippen LogP contribution in [0.1, 0.15) is 109 Å². The van der Waals surface area contributed by atoms with Crippen LogP contribution in [0.15, 0.2) is 48.5 Å². The molecule has 4 aliphatic rings. The molecule has 0 radical (unpaired) electrons. The van der Waals surface area contributed by atoms with Crippen LogP contribution in [0.3, 0.4) is 0 Å². The molecule has 3 fully saturated rings. The van der Waals surface area contributed by atoms with Gasteiger partial charge < -0.3 is 24.8 Å². The summed E-state index contributed by atoms with van der Waals surface area (Å²) in [5.74, 6) is 0.111. The van der Waals surface area contributed by atoms with Crippen molar-refractivity contribution in [2.24, 2.45) is 0 Å². The lowest BCUT2D eigenvalue weighted by Gasteiger charge is -2.48. The summed E-state index contributed by atoms with van der Waals surface area (Å²) in [5.41, 5.74) is 2.76. The lowest BCUT2D eigenvalue weighted by atomic mass is 9.89. The third-order valence-electron chi connectivity index (χ3n) is 11.8. The molecule has 52 heavy (non-hydrogen) atoms. The zero-order valence-corrected chi connectivity index (χ0v) is 32.7. The highest BCUT2D eigenvalue weighted by molar-refractivity contribution is 6.30. The molecule has 1 aliphatic carbocycles. The zero-order chi connectivity index (χ0) is 37.0. The Hall–Kier alpha value is -3.30. The van der Waals surface area contributed by atoms with Crippen molar-refractivity contribution in [1.29, 1.82) is 0 Å². The summed E-state index contributed by atoms with van der Waals surface area (Å²) in [6.07, 6.45) is 10.2. The first kappa shape index (κ1) is 38.4. The van der Waals surface area contributed by atoms with Crippen LogP contribution in [0.2, 0.25) is 5.02 Å². The van der Waals surface area contributed by atoms with E-state index >= 15 is 0 Å². The number of piperidine rings is 1. The molecule has 10 heteroatoms. The summed E-state index contributed by atoms with van der Waals surface area (Å²) < 4.78 is 5.87. The Bertz CT molecular complexity index is 1520. The van der Waals surface area contributed by atoms with Gasteiger partial charge in [0.2, 0.25) is 5.91 Å². The maximum atomic E-state index is 14.9. The summed E-state index contributed by atoms with van der Waals surface area (Å²) in [6.45, 7) is 12.1. The van der Waals surface area contributed by atoms with Gasteiger partial charge in [-0.05, 0) is 115 Å². The zero-order valence-electron chi connectivity index (χ0n) is 32.0. The van der Waals surface area contributed by atoms with Crippen molar-refractivity contribution in [3.63, 3.8) is 0 Å². The lowest BCUT2D eigenvalue weighted by molar-refractivity contribution is -0.139. The Kier molecular flexibility index (Phi) is 12.4. The molecular formula is C42H60ClN5O4. The highest BCUT2D eigenvalue weighted by Crippen LogP contribution is 2.40. The molecule has 1 saturated carbocycles. The molecule has 2 aromatic carbocycles. The van der Waals surface area contributed by atoms with Crippen LogP contribution < -0.4 is 5.32 Å². The summed E-state index contributed by atoms with van der Waals surface area (Å²) in [4.78, 5) is 50.7. The Morgan fingerprint density at radius 2 is 1.52 bits per heavy atom. The van der Waals surface area contributed by atoms with Crippen LogP contribution in [0, 0.1) is 0 Å². The normalized spacial score (nSPS) is 23.9. The van der Waals surface area contributed by atoms with Crippen LogP contribution in [-0.2, 0) is 28.9 Å². The molecule has 2 saturated heterocycles. The fourth-order valence-corrected chi connectivity index (χ4v) is 9.35. The van der Waals surface area contributed by atoms with Gasteiger partial charge in [-0.3, -0.25) is 9.69 Å². The standard InChI is InChI=1S/C42H60ClN5O4/c1-6-45(7-2)40(50)48(33-15-9-8-10-16-33)36-25-34-21-22-35(26-36)47(34)39(49)38(23-29-17-19-32(43)20-18-29)44-27-37-24-30-13-11-12-14-31(30)28-46(37)41(51)52-42(3,4)5/h11-14,17-20,33-38,44H,6-10,15-16,21-28H2,1-5H3/t34?,35?,36?,37-,38-/m1/s1. The number of halogens is 1. The Labute approximate surface area is 316 Å². The van der Waals surface area contributed by atoms with E-state index in [1.54, 1.807) is 0 Å². The first-order valence-corrected chi connectivity index (χ1v) is 20.3.